The smallest absolute Gasteiger partial charge is 0.133 e. The second-order valence-electron chi connectivity index (χ2n) is 5.57. The van der Waals surface area contributed by atoms with Crippen molar-refractivity contribution in [2.24, 2.45) is 5.73 Å². The molecular formula is C18H22BrNO. The van der Waals surface area contributed by atoms with Crippen molar-refractivity contribution < 1.29 is 4.74 Å². The van der Waals surface area contributed by atoms with Gasteiger partial charge in [-0.05, 0) is 71.4 Å². The number of nitrogens with two attached hydrogens (primary N) is 1. The molecule has 1 unspecified atom stereocenters. The van der Waals surface area contributed by atoms with E-state index in [0.29, 0.717) is 0 Å². The number of halogens is 1. The molecule has 21 heavy (non-hydrogen) atoms. The second-order valence-corrected chi connectivity index (χ2v) is 6.42. The third kappa shape index (κ3) is 4.32. The Hall–Kier alpha value is -1.32. The standard InChI is InChI=1S/C18H22BrNO/c1-12-4-5-13(2)15(8-12)11-16(20)9-14-6-7-18(21-3)17(19)10-14/h4-8,10,16H,9,11,20H2,1-3H3. The van der Waals surface area contributed by atoms with E-state index in [1.54, 1.807) is 7.11 Å². The number of rotatable bonds is 5. The SMILES string of the molecule is COc1ccc(CC(N)Cc2cc(C)ccc2C)cc1Br. The molecule has 2 rings (SSSR count). The highest BCUT2D eigenvalue weighted by atomic mass is 79.9. The molecule has 0 radical (unpaired) electrons. The maximum atomic E-state index is 6.33. The summed E-state index contributed by atoms with van der Waals surface area (Å²) < 4.78 is 6.22. The molecule has 2 aromatic rings. The zero-order valence-corrected chi connectivity index (χ0v) is 14.4. The molecule has 1 atom stereocenters. The van der Waals surface area contributed by atoms with Gasteiger partial charge >= 0.3 is 0 Å². The molecule has 2 aromatic carbocycles. The molecule has 0 bridgehead atoms. The van der Waals surface area contributed by atoms with E-state index in [0.717, 1.165) is 23.1 Å². The number of aryl methyl sites for hydroxylation is 2. The van der Waals surface area contributed by atoms with Gasteiger partial charge in [0.2, 0.25) is 0 Å². The van der Waals surface area contributed by atoms with Gasteiger partial charge in [0.1, 0.15) is 5.75 Å². The largest absolute Gasteiger partial charge is 0.496 e. The van der Waals surface area contributed by atoms with E-state index in [1.807, 2.05) is 6.07 Å². The van der Waals surface area contributed by atoms with Gasteiger partial charge in [-0.15, -0.1) is 0 Å². The Morgan fingerprint density at radius 3 is 2.52 bits per heavy atom. The van der Waals surface area contributed by atoms with Crippen LogP contribution in [0.25, 0.3) is 0 Å². The van der Waals surface area contributed by atoms with Gasteiger partial charge in [-0.3, -0.25) is 0 Å². The second kappa shape index (κ2) is 7.10. The molecule has 2 N–H and O–H groups in total. The molecule has 0 fully saturated rings. The number of hydrogen-bond donors (Lipinski definition) is 1. The highest BCUT2D eigenvalue weighted by Crippen LogP contribution is 2.26. The van der Waals surface area contributed by atoms with Gasteiger partial charge in [-0.1, -0.05) is 29.8 Å². The highest BCUT2D eigenvalue weighted by molar-refractivity contribution is 9.10. The average Bonchev–Trinajstić information content (AvgIpc) is 2.43. The number of ether oxygens (including phenoxy) is 1. The molecule has 112 valence electrons. The Labute approximate surface area is 135 Å². The molecule has 3 heteroatoms. The summed E-state index contributed by atoms with van der Waals surface area (Å²) in [6, 6.07) is 12.8. The van der Waals surface area contributed by atoms with Gasteiger partial charge < -0.3 is 10.5 Å². The van der Waals surface area contributed by atoms with Gasteiger partial charge in [-0.25, -0.2) is 0 Å². The van der Waals surface area contributed by atoms with Gasteiger partial charge in [-0.2, -0.15) is 0 Å². The van der Waals surface area contributed by atoms with Crippen LogP contribution in [0, 0.1) is 13.8 Å². The lowest BCUT2D eigenvalue weighted by atomic mass is 9.96. The molecular weight excluding hydrogens is 326 g/mol. The lowest BCUT2D eigenvalue weighted by Crippen LogP contribution is -2.26. The molecule has 0 saturated heterocycles. The zero-order valence-electron chi connectivity index (χ0n) is 12.8. The molecule has 0 heterocycles. The van der Waals surface area contributed by atoms with E-state index >= 15 is 0 Å². The summed E-state index contributed by atoms with van der Waals surface area (Å²) in [6.45, 7) is 4.26. The highest BCUT2D eigenvalue weighted by Gasteiger charge is 2.09. The predicted molar refractivity (Wildman–Crippen MR) is 92.0 cm³/mol. The van der Waals surface area contributed by atoms with Crippen molar-refractivity contribution in [3.8, 4) is 5.75 Å². The van der Waals surface area contributed by atoms with Crippen LogP contribution in [0.5, 0.6) is 5.75 Å². The van der Waals surface area contributed by atoms with Gasteiger partial charge in [0.25, 0.3) is 0 Å². The van der Waals surface area contributed by atoms with E-state index in [2.05, 4.69) is 60.1 Å². The van der Waals surface area contributed by atoms with Crippen LogP contribution < -0.4 is 10.5 Å². The Bertz CT molecular complexity index is 625. The Morgan fingerprint density at radius 1 is 1.10 bits per heavy atom. The van der Waals surface area contributed by atoms with Crippen LogP contribution in [0.3, 0.4) is 0 Å². The Balaban J connectivity index is 2.06. The average molecular weight is 348 g/mol. The van der Waals surface area contributed by atoms with Gasteiger partial charge in [0.05, 0.1) is 11.6 Å². The summed E-state index contributed by atoms with van der Waals surface area (Å²) in [5.41, 5.74) is 11.5. The molecule has 0 aliphatic heterocycles. The molecule has 0 amide bonds. The first-order chi connectivity index (χ1) is 9.99. The van der Waals surface area contributed by atoms with Crippen LogP contribution in [0.1, 0.15) is 22.3 Å². The third-order valence-corrected chi connectivity index (χ3v) is 4.32. The Kier molecular flexibility index (Phi) is 5.43. The van der Waals surface area contributed by atoms with Crippen LogP contribution in [0.2, 0.25) is 0 Å². The lowest BCUT2D eigenvalue weighted by Gasteiger charge is -2.15. The number of methoxy groups -OCH3 is 1. The maximum Gasteiger partial charge on any atom is 0.133 e. The Morgan fingerprint density at radius 2 is 1.86 bits per heavy atom. The maximum absolute atomic E-state index is 6.33. The molecule has 0 saturated carbocycles. The van der Waals surface area contributed by atoms with Crippen molar-refractivity contribution in [3.05, 3.63) is 63.1 Å². The summed E-state index contributed by atoms with van der Waals surface area (Å²) >= 11 is 3.52. The minimum atomic E-state index is 0.116. The van der Waals surface area contributed by atoms with Crippen LogP contribution in [0.15, 0.2) is 40.9 Å². The number of benzene rings is 2. The van der Waals surface area contributed by atoms with Crippen molar-refractivity contribution in [3.63, 3.8) is 0 Å². The minimum absolute atomic E-state index is 0.116. The van der Waals surface area contributed by atoms with Crippen molar-refractivity contribution in [1.29, 1.82) is 0 Å². The lowest BCUT2D eigenvalue weighted by molar-refractivity contribution is 0.412. The summed E-state index contributed by atoms with van der Waals surface area (Å²) in [4.78, 5) is 0. The van der Waals surface area contributed by atoms with Crippen LogP contribution >= 0.6 is 15.9 Å². The van der Waals surface area contributed by atoms with Crippen LogP contribution in [-0.2, 0) is 12.8 Å². The zero-order chi connectivity index (χ0) is 15.4. The van der Waals surface area contributed by atoms with Crippen LogP contribution in [0.4, 0.5) is 0 Å². The monoisotopic (exact) mass is 347 g/mol. The third-order valence-electron chi connectivity index (χ3n) is 3.70. The normalized spacial score (nSPS) is 12.2. The number of hydrogen-bond acceptors (Lipinski definition) is 2. The fraction of sp³-hybridized carbons (Fsp3) is 0.333. The molecule has 0 spiro atoms. The fourth-order valence-corrected chi connectivity index (χ4v) is 3.10. The van der Waals surface area contributed by atoms with Crippen molar-refractivity contribution in [2.75, 3.05) is 7.11 Å². The predicted octanol–water partition coefficient (Wildman–Crippen LogP) is 4.19. The van der Waals surface area contributed by atoms with Crippen molar-refractivity contribution in [2.45, 2.75) is 32.7 Å². The van der Waals surface area contributed by atoms with E-state index in [1.165, 1.54) is 22.3 Å². The van der Waals surface area contributed by atoms with Gasteiger partial charge in [0.15, 0.2) is 0 Å². The minimum Gasteiger partial charge on any atom is -0.496 e. The summed E-state index contributed by atoms with van der Waals surface area (Å²) in [5.74, 6) is 0.849. The van der Waals surface area contributed by atoms with E-state index in [9.17, 15) is 0 Å². The summed E-state index contributed by atoms with van der Waals surface area (Å²) in [7, 11) is 1.67. The van der Waals surface area contributed by atoms with Crippen LogP contribution in [-0.4, -0.2) is 13.2 Å². The molecule has 0 aromatic heterocycles. The fourth-order valence-electron chi connectivity index (χ4n) is 2.51. The van der Waals surface area contributed by atoms with E-state index in [-0.39, 0.29) is 6.04 Å². The van der Waals surface area contributed by atoms with Crippen molar-refractivity contribution in [1.82, 2.24) is 0 Å². The van der Waals surface area contributed by atoms with Crippen molar-refractivity contribution >= 4 is 15.9 Å². The summed E-state index contributed by atoms with van der Waals surface area (Å²) in [6.07, 6.45) is 1.76. The molecule has 0 aliphatic rings. The quantitative estimate of drug-likeness (QED) is 0.880. The van der Waals surface area contributed by atoms with E-state index in [4.69, 9.17) is 10.5 Å². The van der Waals surface area contributed by atoms with E-state index < -0.39 is 0 Å². The molecule has 0 aliphatic carbocycles. The molecule has 2 nitrogen and oxygen atoms in total. The first-order valence-corrected chi connectivity index (χ1v) is 7.93. The summed E-state index contributed by atoms with van der Waals surface area (Å²) in [5, 5.41) is 0. The first kappa shape index (κ1) is 16.1. The van der Waals surface area contributed by atoms with Gasteiger partial charge in [0, 0.05) is 6.04 Å². The first-order valence-electron chi connectivity index (χ1n) is 7.13. The topological polar surface area (TPSA) is 35.2 Å².